The van der Waals surface area contributed by atoms with Gasteiger partial charge in [0.05, 0.1) is 23.3 Å². The minimum Gasteiger partial charge on any atom is -0.358 e. The molecule has 3 heteroatoms. The Labute approximate surface area is 118 Å². The minimum absolute atomic E-state index is 0.527. The van der Waals surface area contributed by atoms with Crippen molar-refractivity contribution in [2.75, 3.05) is 18.0 Å². The maximum absolute atomic E-state index is 9.38. The first-order valence-corrected chi connectivity index (χ1v) is 6.79. The molecule has 0 unspecified atom stereocenters. The Kier molecular flexibility index (Phi) is 3.27. The molecule has 0 aliphatic heterocycles. The van der Waals surface area contributed by atoms with Gasteiger partial charge in [-0.2, -0.15) is 5.26 Å². The summed E-state index contributed by atoms with van der Waals surface area (Å²) in [4.78, 5) is 6.50. The summed E-state index contributed by atoms with van der Waals surface area (Å²) in [5.41, 5.74) is 2.43. The van der Waals surface area contributed by atoms with Crippen molar-refractivity contribution in [3.63, 3.8) is 0 Å². The van der Waals surface area contributed by atoms with E-state index in [1.807, 2.05) is 24.3 Å². The number of terminal acetylenes is 1. The van der Waals surface area contributed by atoms with Crippen molar-refractivity contribution >= 4 is 16.6 Å². The van der Waals surface area contributed by atoms with Crippen molar-refractivity contribution in [2.24, 2.45) is 5.92 Å². The fourth-order valence-electron chi connectivity index (χ4n) is 2.51. The van der Waals surface area contributed by atoms with E-state index in [1.165, 1.54) is 12.8 Å². The number of para-hydroxylation sites is 1. The van der Waals surface area contributed by atoms with Gasteiger partial charge in [0.25, 0.3) is 0 Å². The first-order valence-electron chi connectivity index (χ1n) is 6.79. The van der Waals surface area contributed by atoms with Crippen LogP contribution in [0.1, 0.15) is 18.4 Å². The van der Waals surface area contributed by atoms with Crippen LogP contribution in [0.4, 0.5) is 5.69 Å². The van der Waals surface area contributed by atoms with E-state index in [-0.39, 0.29) is 0 Å². The van der Waals surface area contributed by atoms with Crippen molar-refractivity contribution in [1.29, 1.82) is 5.26 Å². The molecule has 0 bridgehead atoms. The lowest BCUT2D eigenvalue weighted by Gasteiger charge is -2.24. The molecule has 1 aliphatic rings. The molecule has 1 aromatic carbocycles. The lowest BCUT2D eigenvalue weighted by molar-refractivity contribution is 0.766. The van der Waals surface area contributed by atoms with E-state index in [1.54, 1.807) is 6.20 Å². The molecule has 1 saturated carbocycles. The Morgan fingerprint density at radius 2 is 2.15 bits per heavy atom. The molecule has 1 aliphatic carbocycles. The molecular weight excluding hydrogens is 246 g/mol. The van der Waals surface area contributed by atoms with E-state index in [0.717, 1.165) is 23.1 Å². The summed E-state index contributed by atoms with van der Waals surface area (Å²) in [6, 6.07) is 10.1. The lowest BCUT2D eigenvalue weighted by atomic mass is 10.1. The number of hydrogen-bond donors (Lipinski definition) is 0. The average Bonchev–Trinajstić information content (AvgIpc) is 3.29. The zero-order valence-corrected chi connectivity index (χ0v) is 11.2. The van der Waals surface area contributed by atoms with Gasteiger partial charge in [0, 0.05) is 18.1 Å². The van der Waals surface area contributed by atoms with Gasteiger partial charge in [-0.25, -0.2) is 0 Å². The van der Waals surface area contributed by atoms with Crippen LogP contribution in [0.15, 0.2) is 30.5 Å². The highest BCUT2D eigenvalue weighted by molar-refractivity contribution is 5.94. The Hall–Kier alpha value is -2.52. The van der Waals surface area contributed by atoms with E-state index >= 15 is 0 Å². The number of pyridine rings is 1. The van der Waals surface area contributed by atoms with Gasteiger partial charge in [-0.3, -0.25) is 4.98 Å². The fourth-order valence-corrected chi connectivity index (χ4v) is 2.51. The highest BCUT2D eigenvalue weighted by Gasteiger charge is 2.26. The zero-order valence-electron chi connectivity index (χ0n) is 11.2. The van der Waals surface area contributed by atoms with Crippen LogP contribution in [0.2, 0.25) is 0 Å². The van der Waals surface area contributed by atoms with Gasteiger partial charge in [-0.05, 0) is 24.8 Å². The zero-order chi connectivity index (χ0) is 13.9. The molecule has 20 heavy (non-hydrogen) atoms. The lowest BCUT2D eigenvalue weighted by Crippen LogP contribution is -2.27. The van der Waals surface area contributed by atoms with Gasteiger partial charge in [-0.15, -0.1) is 6.42 Å². The smallest absolute Gasteiger partial charge is 0.103 e. The summed E-state index contributed by atoms with van der Waals surface area (Å²) in [6.45, 7) is 1.45. The molecule has 1 aromatic heterocycles. The summed E-state index contributed by atoms with van der Waals surface area (Å²) >= 11 is 0. The summed E-state index contributed by atoms with van der Waals surface area (Å²) in [6.07, 6.45) is 9.67. The second-order valence-corrected chi connectivity index (χ2v) is 5.18. The van der Waals surface area contributed by atoms with Gasteiger partial charge in [0.2, 0.25) is 0 Å². The number of nitriles is 1. The van der Waals surface area contributed by atoms with Crippen molar-refractivity contribution < 1.29 is 0 Å². The molecule has 2 aromatic rings. The quantitative estimate of drug-likeness (QED) is 0.794. The predicted molar refractivity (Wildman–Crippen MR) is 80.2 cm³/mol. The maximum Gasteiger partial charge on any atom is 0.103 e. The van der Waals surface area contributed by atoms with Crippen LogP contribution in [-0.2, 0) is 0 Å². The number of benzene rings is 1. The Morgan fingerprint density at radius 3 is 2.85 bits per heavy atom. The standard InChI is InChI=1S/C17H15N3/c1-2-9-20(12-13-7-8-13)17-14(10-18)11-19-16-6-4-3-5-15(16)17/h1,3-6,11,13H,7-9,12H2. The number of nitrogens with zero attached hydrogens (tertiary/aromatic N) is 3. The molecule has 0 saturated heterocycles. The molecule has 3 rings (SSSR count). The van der Waals surface area contributed by atoms with Crippen LogP contribution in [0.25, 0.3) is 10.9 Å². The molecule has 98 valence electrons. The second-order valence-electron chi connectivity index (χ2n) is 5.18. The fraction of sp³-hybridized carbons (Fsp3) is 0.294. The van der Waals surface area contributed by atoms with Crippen LogP contribution < -0.4 is 4.90 Å². The number of fused-ring (bicyclic) bond motifs is 1. The summed E-state index contributed by atoms with van der Waals surface area (Å²) in [5.74, 6) is 3.42. The molecule has 1 heterocycles. The second kappa shape index (κ2) is 5.23. The normalized spacial score (nSPS) is 13.7. The molecule has 0 N–H and O–H groups in total. The third kappa shape index (κ3) is 2.31. The number of rotatable bonds is 4. The monoisotopic (exact) mass is 261 g/mol. The van der Waals surface area contributed by atoms with Gasteiger partial charge in [0.15, 0.2) is 0 Å². The van der Waals surface area contributed by atoms with Crippen molar-refractivity contribution in [3.8, 4) is 18.4 Å². The van der Waals surface area contributed by atoms with E-state index in [0.29, 0.717) is 18.0 Å². The van der Waals surface area contributed by atoms with Crippen LogP contribution in [-0.4, -0.2) is 18.1 Å². The molecule has 0 spiro atoms. The molecule has 0 atom stereocenters. The van der Waals surface area contributed by atoms with E-state index < -0.39 is 0 Å². The largest absolute Gasteiger partial charge is 0.358 e. The number of hydrogen-bond acceptors (Lipinski definition) is 3. The maximum atomic E-state index is 9.38. The number of aromatic nitrogens is 1. The van der Waals surface area contributed by atoms with E-state index in [4.69, 9.17) is 6.42 Å². The van der Waals surface area contributed by atoms with Crippen molar-refractivity contribution in [3.05, 3.63) is 36.0 Å². The van der Waals surface area contributed by atoms with Crippen LogP contribution in [0.3, 0.4) is 0 Å². The third-order valence-corrected chi connectivity index (χ3v) is 3.64. The first kappa shape index (κ1) is 12.5. The van der Waals surface area contributed by atoms with Gasteiger partial charge < -0.3 is 4.90 Å². The Morgan fingerprint density at radius 1 is 1.35 bits per heavy atom. The summed E-state index contributed by atoms with van der Waals surface area (Å²) in [7, 11) is 0. The predicted octanol–water partition coefficient (Wildman–Crippen LogP) is 2.96. The minimum atomic E-state index is 0.527. The number of anilines is 1. The van der Waals surface area contributed by atoms with Crippen LogP contribution in [0, 0.1) is 29.6 Å². The molecular formula is C17H15N3. The highest BCUT2D eigenvalue weighted by Crippen LogP contribution is 2.35. The third-order valence-electron chi connectivity index (χ3n) is 3.64. The van der Waals surface area contributed by atoms with E-state index in [2.05, 4.69) is 21.9 Å². The molecule has 0 radical (unpaired) electrons. The first-order chi connectivity index (χ1) is 9.83. The molecule has 0 amide bonds. The highest BCUT2D eigenvalue weighted by atomic mass is 15.1. The van der Waals surface area contributed by atoms with Gasteiger partial charge >= 0.3 is 0 Å². The topological polar surface area (TPSA) is 39.9 Å². The van der Waals surface area contributed by atoms with Crippen LogP contribution >= 0.6 is 0 Å². The van der Waals surface area contributed by atoms with Gasteiger partial charge in [0.1, 0.15) is 6.07 Å². The SMILES string of the molecule is C#CCN(CC1CC1)c1c(C#N)cnc2ccccc12. The molecule has 3 nitrogen and oxygen atoms in total. The van der Waals surface area contributed by atoms with E-state index in [9.17, 15) is 5.26 Å². The van der Waals surface area contributed by atoms with Crippen molar-refractivity contribution in [2.45, 2.75) is 12.8 Å². The van der Waals surface area contributed by atoms with Crippen LogP contribution in [0.5, 0.6) is 0 Å². The Bertz CT molecular complexity index is 717. The van der Waals surface area contributed by atoms with Crippen molar-refractivity contribution in [1.82, 2.24) is 4.98 Å². The summed E-state index contributed by atoms with van der Waals surface area (Å²) in [5, 5.41) is 10.4. The molecule has 1 fully saturated rings. The summed E-state index contributed by atoms with van der Waals surface area (Å²) < 4.78 is 0. The average molecular weight is 261 g/mol. The Balaban J connectivity index is 2.15. The van der Waals surface area contributed by atoms with Gasteiger partial charge in [-0.1, -0.05) is 24.1 Å².